The van der Waals surface area contributed by atoms with Gasteiger partial charge in [0.2, 0.25) is 5.91 Å². The summed E-state index contributed by atoms with van der Waals surface area (Å²) in [6.07, 6.45) is 0. The Kier molecular flexibility index (Phi) is 4.90. The number of amides is 1. The van der Waals surface area contributed by atoms with Gasteiger partial charge in [0, 0.05) is 25.6 Å². The molecular formula is C9H20N2O. The summed E-state index contributed by atoms with van der Waals surface area (Å²) in [5.74, 6) is 0.279. The maximum Gasteiger partial charge on any atom is 0.226 e. The van der Waals surface area contributed by atoms with Crippen LogP contribution < -0.4 is 5.32 Å². The Balaban J connectivity index is 4.00. The number of hydrogen-bond donors (Lipinski definition) is 1. The number of nitrogens with zero attached hydrogens (tertiary/aromatic N) is 1. The highest BCUT2D eigenvalue weighted by atomic mass is 16.2. The van der Waals surface area contributed by atoms with Crippen LogP contribution in [0.25, 0.3) is 0 Å². The van der Waals surface area contributed by atoms with Crippen LogP contribution in [0.5, 0.6) is 0 Å². The van der Waals surface area contributed by atoms with Gasteiger partial charge in [-0.2, -0.15) is 0 Å². The van der Waals surface area contributed by atoms with E-state index < -0.39 is 0 Å². The smallest absolute Gasteiger partial charge is 0.226 e. The van der Waals surface area contributed by atoms with Gasteiger partial charge in [0.05, 0.1) is 0 Å². The number of carbonyl (C=O) groups is 1. The van der Waals surface area contributed by atoms with Crippen LogP contribution in [0, 0.1) is 5.92 Å². The van der Waals surface area contributed by atoms with Crippen molar-refractivity contribution in [2.24, 2.45) is 5.92 Å². The van der Waals surface area contributed by atoms with Crippen LogP contribution >= 0.6 is 0 Å². The summed E-state index contributed by atoms with van der Waals surface area (Å²) in [6.45, 7) is 6.72. The van der Waals surface area contributed by atoms with Gasteiger partial charge in [0.15, 0.2) is 0 Å². The van der Waals surface area contributed by atoms with Gasteiger partial charge in [0.25, 0.3) is 0 Å². The normalized spacial score (nSPS) is 13.2. The van der Waals surface area contributed by atoms with E-state index in [1.807, 2.05) is 34.9 Å². The van der Waals surface area contributed by atoms with Gasteiger partial charge in [-0.05, 0) is 20.9 Å². The van der Waals surface area contributed by atoms with Crippen molar-refractivity contribution in [3.8, 4) is 0 Å². The second kappa shape index (κ2) is 5.14. The molecule has 12 heavy (non-hydrogen) atoms. The molecule has 0 aliphatic heterocycles. The molecule has 1 amide bonds. The first-order valence-corrected chi connectivity index (χ1v) is 4.42. The Morgan fingerprint density at radius 2 is 1.92 bits per heavy atom. The lowest BCUT2D eigenvalue weighted by Gasteiger charge is -2.24. The fourth-order valence-electron chi connectivity index (χ4n) is 0.996. The molecule has 1 atom stereocenters. The number of carbonyl (C=O) groups excluding carboxylic acids is 1. The molecule has 0 aliphatic carbocycles. The van der Waals surface area contributed by atoms with Gasteiger partial charge >= 0.3 is 0 Å². The summed E-state index contributed by atoms with van der Waals surface area (Å²) < 4.78 is 0. The van der Waals surface area contributed by atoms with Gasteiger partial charge < -0.3 is 10.2 Å². The van der Waals surface area contributed by atoms with Crippen LogP contribution in [0.1, 0.15) is 20.8 Å². The van der Waals surface area contributed by atoms with Gasteiger partial charge in [0.1, 0.15) is 0 Å². The molecule has 0 radical (unpaired) electrons. The Labute approximate surface area is 75.1 Å². The summed E-state index contributed by atoms with van der Waals surface area (Å²) in [4.78, 5) is 13.3. The fourth-order valence-corrected chi connectivity index (χ4v) is 0.996. The number of nitrogens with one attached hydrogen (secondary N) is 1. The van der Waals surface area contributed by atoms with Crippen molar-refractivity contribution in [2.45, 2.75) is 26.8 Å². The van der Waals surface area contributed by atoms with Crippen molar-refractivity contribution < 1.29 is 4.79 Å². The second-order valence-electron chi connectivity index (χ2n) is 3.50. The van der Waals surface area contributed by atoms with E-state index in [1.54, 1.807) is 4.90 Å². The van der Waals surface area contributed by atoms with Crippen molar-refractivity contribution in [2.75, 3.05) is 20.6 Å². The summed E-state index contributed by atoms with van der Waals surface area (Å²) >= 11 is 0. The fraction of sp³-hybridized carbons (Fsp3) is 0.889. The molecule has 3 nitrogen and oxygen atoms in total. The molecule has 0 rings (SSSR count). The van der Waals surface area contributed by atoms with E-state index in [9.17, 15) is 4.79 Å². The predicted octanol–water partition coefficient (Wildman–Crippen LogP) is 0.709. The molecule has 0 aromatic carbocycles. The molecule has 0 aromatic heterocycles. The highest BCUT2D eigenvalue weighted by Crippen LogP contribution is 2.02. The largest absolute Gasteiger partial charge is 0.343 e. The van der Waals surface area contributed by atoms with Crippen molar-refractivity contribution in [1.29, 1.82) is 0 Å². The van der Waals surface area contributed by atoms with Crippen LogP contribution in [0.3, 0.4) is 0 Å². The van der Waals surface area contributed by atoms with Crippen LogP contribution in [-0.2, 0) is 4.79 Å². The van der Waals surface area contributed by atoms with Crippen LogP contribution in [-0.4, -0.2) is 37.5 Å². The second-order valence-corrected chi connectivity index (χ2v) is 3.50. The maximum atomic E-state index is 11.6. The molecule has 0 aliphatic rings. The zero-order valence-electron chi connectivity index (χ0n) is 8.72. The number of rotatable bonds is 4. The van der Waals surface area contributed by atoms with Crippen molar-refractivity contribution >= 4 is 5.91 Å². The molecule has 72 valence electrons. The summed E-state index contributed by atoms with van der Waals surface area (Å²) in [7, 11) is 3.71. The van der Waals surface area contributed by atoms with E-state index in [4.69, 9.17) is 0 Å². The van der Waals surface area contributed by atoms with E-state index >= 15 is 0 Å². The summed E-state index contributed by atoms with van der Waals surface area (Å²) in [5.41, 5.74) is 0. The first-order chi connectivity index (χ1) is 5.50. The Morgan fingerprint density at radius 1 is 1.42 bits per heavy atom. The first-order valence-electron chi connectivity index (χ1n) is 4.42. The predicted molar refractivity (Wildman–Crippen MR) is 51.0 cm³/mol. The molecule has 0 aromatic rings. The third-order valence-corrected chi connectivity index (χ3v) is 2.05. The average molecular weight is 172 g/mol. The minimum absolute atomic E-state index is 0.0717. The van der Waals surface area contributed by atoms with Gasteiger partial charge in [-0.1, -0.05) is 6.92 Å². The minimum Gasteiger partial charge on any atom is -0.343 e. The molecule has 0 fully saturated rings. The third kappa shape index (κ3) is 3.22. The lowest BCUT2D eigenvalue weighted by Crippen LogP contribution is -2.39. The molecule has 0 saturated carbocycles. The lowest BCUT2D eigenvalue weighted by atomic mass is 10.1. The molecule has 0 bridgehead atoms. The van der Waals surface area contributed by atoms with Crippen molar-refractivity contribution in [3.05, 3.63) is 0 Å². The summed E-state index contributed by atoms with van der Waals surface area (Å²) in [5, 5.41) is 2.99. The molecule has 1 unspecified atom stereocenters. The zero-order valence-corrected chi connectivity index (χ0v) is 8.72. The molecule has 0 heterocycles. The Morgan fingerprint density at radius 3 is 2.25 bits per heavy atom. The van der Waals surface area contributed by atoms with E-state index in [0.29, 0.717) is 0 Å². The monoisotopic (exact) mass is 172 g/mol. The average Bonchev–Trinajstić information content (AvgIpc) is 2.02. The van der Waals surface area contributed by atoms with Gasteiger partial charge in [-0.15, -0.1) is 0 Å². The quantitative estimate of drug-likeness (QED) is 0.677. The van der Waals surface area contributed by atoms with E-state index in [2.05, 4.69) is 5.32 Å². The molecular weight excluding hydrogens is 152 g/mol. The highest BCUT2D eigenvalue weighted by molar-refractivity contribution is 5.78. The Bertz CT molecular complexity index is 145. The number of hydrogen-bond acceptors (Lipinski definition) is 2. The Hall–Kier alpha value is -0.570. The lowest BCUT2D eigenvalue weighted by molar-refractivity contribution is -0.134. The standard InChI is InChI=1S/C9H20N2O/c1-7(2)11(5)9(12)8(3)6-10-4/h7-8,10H,6H2,1-5H3. The zero-order chi connectivity index (χ0) is 9.72. The van der Waals surface area contributed by atoms with E-state index in [1.165, 1.54) is 0 Å². The SMILES string of the molecule is CNCC(C)C(=O)N(C)C(C)C. The van der Waals surface area contributed by atoms with Crippen LogP contribution in [0.4, 0.5) is 0 Å². The van der Waals surface area contributed by atoms with Gasteiger partial charge in [-0.25, -0.2) is 0 Å². The molecule has 0 saturated heterocycles. The minimum atomic E-state index is 0.0717. The molecule has 0 spiro atoms. The first kappa shape index (κ1) is 11.4. The molecule has 1 N–H and O–H groups in total. The highest BCUT2D eigenvalue weighted by Gasteiger charge is 2.17. The van der Waals surface area contributed by atoms with E-state index in [-0.39, 0.29) is 17.9 Å². The summed E-state index contributed by atoms with van der Waals surface area (Å²) in [6, 6.07) is 0.289. The van der Waals surface area contributed by atoms with Crippen molar-refractivity contribution in [3.63, 3.8) is 0 Å². The third-order valence-electron chi connectivity index (χ3n) is 2.05. The van der Waals surface area contributed by atoms with E-state index in [0.717, 1.165) is 6.54 Å². The molecule has 3 heteroatoms. The topological polar surface area (TPSA) is 32.3 Å². The van der Waals surface area contributed by atoms with Gasteiger partial charge in [-0.3, -0.25) is 4.79 Å². The van der Waals surface area contributed by atoms with Crippen molar-refractivity contribution in [1.82, 2.24) is 10.2 Å². The van der Waals surface area contributed by atoms with Crippen LogP contribution in [0.2, 0.25) is 0 Å². The maximum absolute atomic E-state index is 11.6. The van der Waals surface area contributed by atoms with Crippen LogP contribution in [0.15, 0.2) is 0 Å².